The molecule has 1 saturated heterocycles. The van der Waals surface area contributed by atoms with Crippen molar-refractivity contribution in [3.05, 3.63) is 28.2 Å². The standard InChI is InChI=1S/C14H18BrN3O4S/c1-23(21,22)18-6-2-3-10(9-18)14(20)17-16-8-11-7-12(15)4-5-13(11)19/h4-5,7-8,10,19H,2-3,6,9H2,1H3,(H,17,20)/b16-8+. The molecule has 0 saturated carbocycles. The molecule has 0 spiro atoms. The molecule has 1 aromatic rings. The van der Waals surface area contributed by atoms with E-state index >= 15 is 0 Å². The monoisotopic (exact) mass is 403 g/mol. The number of phenolic OH excluding ortho intramolecular Hbond substituents is 1. The van der Waals surface area contributed by atoms with Gasteiger partial charge in [0.25, 0.3) is 0 Å². The zero-order valence-corrected chi connectivity index (χ0v) is 15.0. The summed E-state index contributed by atoms with van der Waals surface area (Å²) in [7, 11) is -3.29. The van der Waals surface area contributed by atoms with Crippen LogP contribution in [0.1, 0.15) is 18.4 Å². The summed E-state index contributed by atoms with van der Waals surface area (Å²) in [5.74, 6) is -0.706. The highest BCUT2D eigenvalue weighted by Crippen LogP contribution is 2.20. The van der Waals surface area contributed by atoms with Crippen LogP contribution in [0.15, 0.2) is 27.8 Å². The molecule has 1 aliphatic rings. The predicted octanol–water partition coefficient (Wildman–Crippen LogP) is 1.28. The highest BCUT2D eigenvalue weighted by molar-refractivity contribution is 9.10. The summed E-state index contributed by atoms with van der Waals surface area (Å²) in [6.07, 6.45) is 3.74. The third-order valence-corrected chi connectivity index (χ3v) is 5.35. The van der Waals surface area contributed by atoms with Crippen LogP contribution >= 0.6 is 15.9 Å². The molecule has 1 unspecified atom stereocenters. The normalized spacial score (nSPS) is 19.8. The first kappa shape index (κ1) is 17.9. The van der Waals surface area contributed by atoms with E-state index in [0.717, 1.165) is 10.7 Å². The fourth-order valence-corrected chi connectivity index (χ4v) is 3.63. The maximum atomic E-state index is 12.1. The Kier molecular flexibility index (Phi) is 5.77. The molecular formula is C14H18BrN3O4S. The zero-order chi connectivity index (χ0) is 17.0. The van der Waals surface area contributed by atoms with Gasteiger partial charge in [0, 0.05) is 23.1 Å². The molecule has 126 valence electrons. The Morgan fingerprint density at radius 1 is 1.52 bits per heavy atom. The molecule has 2 N–H and O–H groups in total. The molecule has 7 nitrogen and oxygen atoms in total. The number of phenols is 1. The van der Waals surface area contributed by atoms with E-state index in [1.807, 2.05) is 0 Å². The Bertz CT molecular complexity index is 721. The SMILES string of the molecule is CS(=O)(=O)N1CCCC(C(=O)N/N=C/c2cc(Br)ccc2O)C1. The largest absolute Gasteiger partial charge is 0.507 e. The molecule has 1 aliphatic heterocycles. The van der Waals surface area contributed by atoms with Gasteiger partial charge < -0.3 is 5.11 Å². The third kappa shape index (κ3) is 5.02. The minimum atomic E-state index is -3.29. The summed E-state index contributed by atoms with van der Waals surface area (Å²) >= 11 is 3.28. The van der Waals surface area contributed by atoms with E-state index in [4.69, 9.17) is 0 Å². The Hall–Kier alpha value is -1.45. The number of amides is 1. The molecule has 0 radical (unpaired) electrons. The van der Waals surface area contributed by atoms with Gasteiger partial charge in [-0.3, -0.25) is 4.79 Å². The van der Waals surface area contributed by atoms with Crippen LogP contribution in [-0.2, 0) is 14.8 Å². The van der Waals surface area contributed by atoms with Crippen molar-refractivity contribution in [2.24, 2.45) is 11.0 Å². The van der Waals surface area contributed by atoms with Crippen molar-refractivity contribution in [2.45, 2.75) is 12.8 Å². The van der Waals surface area contributed by atoms with Gasteiger partial charge >= 0.3 is 0 Å². The summed E-state index contributed by atoms with van der Waals surface area (Å²) in [6, 6.07) is 4.86. The van der Waals surface area contributed by atoms with Crippen LogP contribution in [0, 0.1) is 5.92 Å². The molecule has 1 atom stereocenters. The van der Waals surface area contributed by atoms with E-state index in [0.29, 0.717) is 24.9 Å². The number of sulfonamides is 1. The number of hydrazone groups is 1. The van der Waals surface area contributed by atoms with Crippen molar-refractivity contribution in [1.82, 2.24) is 9.73 Å². The lowest BCUT2D eigenvalue weighted by atomic mass is 9.99. The van der Waals surface area contributed by atoms with E-state index in [2.05, 4.69) is 26.5 Å². The van der Waals surface area contributed by atoms with Gasteiger partial charge in [0.1, 0.15) is 5.75 Å². The predicted molar refractivity (Wildman–Crippen MR) is 90.7 cm³/mol. The van der Waals surface area contributed by atoms with E-state index in [1.54, 1.807) is 12.1 Å². The molecule has 0 bridgehead atoms. The van der Waals surface area contributed by atoms with Crippen LogP contribution in [0.2, 0.25) is 0 Å². The molecule has 23 heavy (non-hydrogen) atoms. The number of carbonyl (C=O) groups is 1. The average Bonchev–Trinajstić information content (AvgIpc) is 2.50. The van der Waals surface area contributed by atoms with Gasteiger partial charge in [-0.2, -0.15) is 5.10 Å². The number of hydrogen-bond acceptors (Lipinski definition) is 5. The maximum absolute atomic E-state index is 12.1. The summed E-state index contributed by atoms with van der Waals surface area (Å²) in [5, 5.41) is 13.5. The van der Waals surface area contributed by atoms with E-state index < -0.39 is 15.9 Å². The Morgan fingerprint density at radius 2 is 2.26 bits per heavy atom. The second kappa shape index (κ2) is 7.41. The fraction of sp³-hybridized carbons (Fsp3) is 0.429. The number of carbonyl (C=O) groups excluding carboxylic acids is 1. The molecule has 1 aromatic carbocycles. The lowest BCUT2D eigenvalue weighted by molar-refractivity contribution is -0.126. The number of nitrogens with zero attached hydrogens (tertiary/aromatic N) is 2. The number of hydrogen-bond donors (Lipinski definition) is 2. The van der Waals surface area contributed by atoms with Gasteiger partial charge in [0.05, 0.1) is 18.4 Å². The second-order valence-electron chi connectivity index (χ2n) is 5.40. The number of aromatic hydroxyl groups is 1. The quantitative estimate of drug-likeness (QED) is 0.583. The fourth-order valence-electron chi connectivity index (χ4n) is 2.34. The Morgan fingerprint density at radius 3 is 2.96 bits per heavy atom. The molecule has 1 fully saturated rings. The zero-order valence-electron chi connectivity index (χ0n) is 12.6. The molecule has 0 aliphatic carbocycles. The van der Waals surface area contributed by atoms with E-state index in [1.165, 1.54) is 16.6 Å². The number of nitrogens with one attached hydrogen (secondary N) is 1. The Labute approximate surface area is 143 Å². The topological polar surface area (TPSA) is 99.1 Å². The minimum Gasteiger partial charge on any atom is -0.507 e. The minimum absolute atomic E-state index is 0.0483. The van der Waals surface area contributed by atoms with Gasteiger partial charge in [-0.05, 0) is 31.0 Å². The van der Waals surface area contributed by atoms with Crippen molar-refractivity contribution >= 4 is 38.1 Å². The summed E-state index contributed by atoms with van der Waals surface area (Å²) in [6.45, 7) is 0.611. The highest BCUT2D eigenvalue weighted by atomic mass is 79.9. The van der Waals surface area contributed by atoms with Gasteiger partial charge in [0.2, 0.25) is 15.9 Å². The van der Waals surface area contributed by atoms with Crippen molar-refractivity contribution in [1.29, 1.82) is 0 Å². The average molecular weight is 404 g/mol. The van der Waals surface area contributed by atoms with Crippen LogP contribution in [0.3, 0.4) is 0 Å². The number of benzene rings is 1. The first-order valence-electron chi connectivity index (χ1n) is 7.04. The van der Waals surface area contributed by atoms with Crippen molar-refractivity contribution < 1.29 is 18.3 Å². The number of piperidine rings is 1. The Balaban J connectivity index is 1.96. The lowest BCUT2D eigenvalue weighted by Crippen LogP contribution is -2.44. The van der Waals surface area contributed by atoms with Crippen molar-refractivity contribution in [3.63, 3.8) is 0 Å². The smallest absolute Gasteiger partial charge is 0.244 e. The number of rotatable bonds is 4. The molecular weight excluding hydrogens is 386 g/mol. The molecule has 1 amide bonds. The third-order valence-electron chi connectivity index (χ3n) is 3.59. The van der Waals surface area contributed by atoms with E-state index in [9.17, 15) is 18.3 Å². The number of halogens is 1. The van der Waals surface area contributed by atoms with Gasteiger partial charge in [-0.1, -0.05) is 15.9 Å². The van der Waals surface area contributed by atoms with Crippen LogP contribution in [0.25, 0.3) is 0 Å². The summed E-state index contributed by atoms with van der Waals surface area (Å²) < 4.78 is 25.2. The lowest BCUT2D eigenvalue weighted by Gasteiger charge is -2.29. The van der Waals surface area contributed by atoms with Crippen LogP contribution < -0.4 is 5.43 Å². The van der Waals surface area contributed by atoms with Gasteiger partial charge in [-0.15, -0.1) is 0 Å². The van der Waals surface area contributed by atoms with Gasteiger partial charge in [0.15, 0.2) is 0 Å². The molecule has 2 rings (SSSR count). The highest BCUT2D eigenvalue weighted by Gasteiger charge is 2.29. The van der Waals surface area contributed by atoms with Crippen molar-refractivity contribution in [2.75, 3.05) is 19.3 Å². The van der Waals surface area contributed by atoms with Crippen LogP contribution in [-0.4, -0.2) is 49.3 Å². The first-order chi connectivity index (χ1) is 10.8. The van der Waals surface area contributed by atoms with Crippen LogP contribution in [0.4, 0.5) is 0 Å². The van der Waals surface area contributed by atoms with Crippen LogP contribution in [0.5, 0.6) is 5.75 Å². The first-order valence-corrected chi connectivity index (χ1v) is 9.68. The molecule has 1 heterocycles. The second-order valence-corrected chi connectivity index (χ2v) is 8.30. The summed E-state index contributed by atoms with van der Waals surface area (Å²) in [5.41, 5.74) is 2.86. The molecule has 0 aromatic heterocycles. The van der Waals surface area contributed by atoms with Crippen molar-refractivity contribution in [3.8, 4) is 5.75 Å². The van der Waals surface area contributed by atoms with Gasteiger partial charge in [-0.25, -0.2) is 18.1 Å². The maximum Gasteiger partial charge on any atom is 0.244 e. The molecule has 9 heteroatoms. The summed E-state index contributed by atoms with van der Waals surface area (Å²) in [4.78, 5) is 12.1. The van der Waals surface area contributed by atoms with E-state index in [-0.39, 0.29) is 18.2 Å².